The molecule has 0 rings (SSSR count). The molecule has 0 unspecified atom stereocenters. The predicted molar refractivity (Wildman–Crippen MR) is 50.3 cm³/mol. The van der Waals surface area contributed by atoms with Gasteiger partial charge in [-0.05, 0) is 20.8 Å². The van der Waals surface area contributed by atoms with Crippen molar-refractivity contribution >= 4 is 5.91 Å². The number of nitrogens with two attached hydrogens (primary N) is 1. The topological polar surface area (TPSA) is 61.6 Å². The van der Waals surface area contributed by atoms with Gasteiger partial charge in [-0.15, -0.1) is 0 Å². The zero-order chi connectivity index (χ0) is 10.3. The Morgan fingerprint density at radius 2 is 1.85 bits per heavy atom. The first-order valence-corrected chi connectivity index (χ1v) is 4.42. The summed E-state index contributed by atoms with van der Waals surface area (Å²) >= 11 is 0. The van der Waals surface area contributed by atoms with Gasteiger partial charge in [-0.2, -0.15) is 0 Å². The van der Waals surface area contributed by atoms with Crippen LogP contribution >= 0.6 is 0 Å². The molecule has 0 aliphatic carbocycles. The Hall–Kier alpha value is -0.610. The van der Waals surface area contributed by atoms with E-state index in [4.69, 9.17) is 15.2 Å². The maximum Gasteiger partial charge on any atom is 0.219 e. The van der Waals surface area contributed by atoms with Crippen LogP contribution < -0.4 is 5.73 Å². The molecular weight excluding hydrogens is 170 g/mol. The molecule has 0 fully saturated rings. The Balaban J connectivity index is 3.13. The molecule has 0 heterocycles. The lowest BCUT2D eigenvalue weighted by molar-refractivity contribution is -0.119. The summed E-state index contributed by atoms with van der Waals surface area (Å²) in [7, 11) is 0. The average Bonchev–Trinajstić information content (AvgIpc) is 1.93. The van der Waals surface area contributed by atoms with Crippen molar-refractivity contribution in [2.75, 3.05) is 19.8 Å². The highest BCUT2D eigenvalue weighted by Crippen LogP contribution is 2.05. The molecule has 0 bridgehead atoms. The monoisotopic (exact) mass is 189 g/mol. The van der Waals surface area contributed by atoms with E-state index in [0.29, 0.717) is 19.8 Å². The fraction of sp³-hybridized carbons (Fsp3) is 0.889. The van der Waals surface area contributed by atoms with Gasteiger partial charge in [0, 0.05) is 6.42 Å². The van der Waals surface area contributed by atoms with Crippen molar-refractivity contribution in [2.45, 2.75) is 32.8 Å². The summed E-state index contributed by atoms with van der Waals surface area (Å²) in [5.74, 6) is -0.336. The molecule has 78 valence electrons. The Labute approximate surface area is 79.4 Å². The van der Waals surface area contributed by atoms with Crippen LogP contribution in [0.3, 0.4) is 0 Å². The molecule has 0 aromatic carbocycles. The Morgan fingerprint density at radius 3 is 2.31 bits per heavy atom. The number of ether oxygens (including phenoxy) is 2. The van der Waals surface area contributed by atoms with Gasteiger partial charge in [-0.1, -0.05) is 0 Å². The molecule has 0 aromatic rings. The minimum absolute atomic E-state index is 0.132. The SMILES string of the molecule is CC(C)(C)OCCOCCC(N)=O. The van der Waals surface area contributed by atoms with Crippen molar-refractivity contribution in [2.24, 2.45) is 5.73 Å². The van der Waals surface area contributed by atoms with E-state index in [9.17, 15) is 4.79 Å². The van der Waals surface area contributed by atoms with Crippen molar-refractivity contribution < 1.29 is 14.3 Å². The summed E-state index contributed by atoms with van der Waals surface area (Å²) in [6.07, 6.45) is 0.273. The summed E-state index contributed by atoms with van der Waals surface area (Å²) in [6, 6.07) is 0. The zero-order valence-electron chi connectivity index (χ0n) is 8.63. The lowest BCUT2D eigenvalue weighted by atomic mass is 10.2. The number of carbonyl (C=O) groups is 1. The van der Waals surface area contributed by atoms with Crippen molar-refractivity contribution in [3.63, 3.8) is 0 Å². The second kappa shape index (κ2) is 5.94. The minimum atomic E-state index is -0.336. The third-order valence-corrected chi connectivity index (χ3v) is 1.26. The van der Waals surface area contributed by atoms with Crippen LogP contribution in [0.4, 0.5) is 0 Å². The predicted octanol–water partition coefficient (Wildman–Crippen LogP) is 0.694. The van der Waals surface area contributed by atoms with Crippen LogP contribution in [0.1, 0.15) is 27.2 Å². The number of hydrogen-bond acceptors (Lipinski definition) is 3. The van der Waals surface area contributed by atoms with E-state index in [1.165, 1.54) is 0 Å². The summed E-state index contributed by atoms with van der Waals surface area (Å²) in [4.78, 5) is 10.3. The van der Waals surface area contributed by atoms with E-state index in [1.54, 1.807) is 0 Å². The number of hydrogen-bond donors (Lipinski definition) is 1. The molecule has 0 spiro atoms. The summed E-state index contributed by atoms with van der Waals surface area (Å²) in [5.41, 5.74) is 4.79. The normalized spacial score (nSPS) is 11.6. The lowest BCUT2D eigenvalue weighted by Crippen LogP contribution is -2.22. The second-order valence-corrected chi connectivity index (χ2v) is 3.79. The van der Waals surface area contributed by atoms with E-state index >= 15 is 0 Å². The summed E-state index contributed by atoms with van der Waals surface area (Å²) < 4.78 is 10.5. The Bertz CT molecular complexity index is 151. The number of rotatable bonds is 6. The minimum Gasteiger partial charge on any atom is -0.379 e. The standard InChI is InChI=1S/C9H19NO3/c1-9(2,3)13-7-6-12-5-4-8(10)11/h4-7H2,1-3H3,(H2,10,11). The smallest absolute Gasteiger partial charge is 0.219 e. The number of amides is 1. The second-order valence-electron chi connectivity index (χ2n) is 3.79. The van der Waals surface area contributed by atoms with Gasteiger partial charge in [0.15, 0.2) is 0 Å². The van der Waals surface area contributed by atoms with Gasteiger partial charge in [0.2, 0.25) is 5.91 Å². The number of carbonyl (C=O) groups excluding carboxylic acids is 1. The largest absolute Gasteiger partial charge is 0.379 e. The lowest BCUT2D eigenvalue weighted by Gasteiger charge is -2.19. The fourth-order valence-corrected chi connectivity index (χ4v) is 0.682. The van der Waals surface area contributed by atoms with Crippen LogP contribution in [-0.2, 0) is 14.3 Å². The Kier molecular flexibility index (Phi) is 5.66. The van der Waals surface area contributed by atoms with Crippen molar-refractivity contribution in [3.05, 3.63) is 0 Å². The number of primary amides is 1. The maximum atomic E-state index is 10.3. The maximum absolute atomic E-state index is 10.3. The summed E-state index contributed by atoms with van der Waals surface area (Å²) in [6.45, 7) is 7.37. The van der Waals surface area contributed by atoms with Crippen LogP contribution in [-0.4, -0.2) is 31.3 Å². The molecule has 0 aliphatic heterocycles. The highest BCUT2D eigenvalue weighted by atomic mass is 16.5. The quantitative estimate of drug-likeness (QED) is 0.625. The molecule has 0 saturated heterocycles. The molecule has 4 nitrogen and oxygen atoms in total. The molecule has 0 radical (unpaired) electrons. The van der Waals surface area contributed by atoms with Crippen LogP contribution in [0.5, 0.6) is 0 Å². The Morgan fingerprint density at radius 1 is 1.23 bits per heavy atom. The molecule has 0 atom stereocenters. The van der Waals surface area contributed by atoms with E-state index in [1.807, 2.05) is 20.8 Å². The third-order valence-electron chi connectivity index (χ3n) is 1.26. The highest BCUT2D eigenvalue weighted by Gasteiger charge is 2.08. The van der Waals surface area contributed by atoms with Crippen LogP contribution in [0.25, 0.3) is 0 Å². The molecule has 4 heteroatoms. The molecule has 0 aliphatic rings. The fourth-order valence-electron chi connectivity index (χ4n) is 0.682. The highest BCUT2D eigenvalue weighted by molar-refractivity contribution is 5.73. The molecule has 2 N–H and O–H groups in total. The van der Waals surface area contributed by atoms with Crippen molar-refractivity contribution in [3.8, 4) is 0 Å². The van der Waals surface area contributed by atoms with E-state index in [0.717, 1.165) is 0 Å². The van der Waals surface area contributed by atoms with Gasteiger partial charge in [0.25, 0.3) is 0 Å². The van der Waals surface area contributed by atoms with E-state index in [-0.39, 0.29) is 17.9 Å². The average molecular weight is 189 g/mol. The van der Waals surface area contributed by atoms with Gasteiger partial charge in [0.05, 0.1) is 25.4 Å². The van der Waals surface area contributed by atoms with Gasteiger partial charge in [-0.25, -0.2) is 0 Å². The van der Waals surface area contributed by atoms with Crippen LogP contribution in [0.15, 0.2) is 0 Å². The molecule has 1 amide bonds. The van der Waals surface area contributed by atoms with Gasteiger partial charge < -0.3 is 15.2 Å². The molecular formula is C9H19NO3. The van der Waals surface area contributed by atoms with Gasteiger partial charge >= 0.3 is 0 Å². The molecule has 0 aromatic heterocycles. The van der Waals surface area contributed by atoms with Crippen LogP contribution in [0.2, 0.25) is 0 Å². The van der Waals surface area contributed by atoms with E-state index in [2.05, 4.69) is 0 Å². The van der Waals surface area contributed by atoms with Gasteiger partial charge in [0.1, 0.15) is 0 Å². The summed E-state index contributed by atoms with van der Waals surface area (Å²) in [5, 5.41) is 0. The van der Waals surface area contributed by atoms with Gasteiger partial charge in [-0.3, -0.25) is 4.79 Å². The first-order valence-electron chi connectivity index (χ1n) is 4.42. The first kappa shape index (κ1) is 12.4. The van der Waals surface area contributed by atoms with E-state index < -0.39 is 0 Å². The van der Waals surface area contributed by atoms with Crippen molar-refractivity contribution in [1.29, 1.82) is 0 Å². The first-order chi connectivity index (χ1) is 5.92. The van der Waals surface area contributed by atoms with Crippen molar-refractivity contribution in [1.82, 2.24) is 0 Å². The molecule has 0 saturated carbocycles. The molecule has 13 heavy (non-hydrogen) atoms. The third kappa shape index (κ3) is 11.4. The zero-order valence-corrected chi connectivity index (χ0v) is 8.63. The van der Waals surface area contributed by atoms with Crippen LogP contribution in [0, 0.1) is 0 Å².